The summed E-state index contributed by atoms with van der Waals surface area (Å²) >= 11 is 6.54. The van der Waals surface area contributed by atoms with Crippen LogP contribution >= 0.6 is 11.6 Å². The highest BCUT2D eigenvalue weighted by Gasteiger charge is 2.21. The smallest absolute Gasteiger partial charge is 0.257 e. The minimum absolute atomic E-state index is 0.0171. The molecule has 0 radical (unpaired) electrons. The van der Waals surface area contributed by atoms with Crippen molar-refractivity contribution >= 4 is 34.4 Å². The fourth-order valence-corrected chi connectivity index (χ4v) is 4.52. The van der Waals surface area contributed by atoms with Crippen LogP contribution in [0.3, 0.4) is 0 Å². The van der Waals surface area contributed by atoms with Crippen LogP contribution in [0, 0.1) is 13.8 Å². The van der Waals surface area contributed by atoms with E-state index in [1.54, 1.807) is 13.2 Å². The molecule has 0 aliphatic carbocycles. The summed E-state index contributed by atoms with van der Waals surface area (Å²) in [4.78, 5) is 26.7. The summed E-state index contributed by atoms with van der Waals surface area (Å²) in [5.74, 6) is 1.26. The Bertz CT molecular complexity index is 1130. The van der Waals surface area contributed by atoms with Crippen LogP contribution in [0.4, 0.5) is 5.69 Å². The summed E-state index contributed by atoms with van der Waals surface area (Å²) < 4.78 is 5.72. The van der Waals surface area contributed by atoms with Crippen molar-refractivity contribution in [3.8, 4) is 17.1 Å². The van der Waals surface area contributed by atoms with E-state index in [1.807, 2.05) is 26.0 Å². The molecule has 176 valence electrons. The lowest BCUT2D eigenvalue weighted by Crippen LogP contribution is -2.38. The van der Waals surface area contributed by atoms with Crippen molar-refractivity contribution in [2.45, 2.75) is 39.7 Å². The van der Waals surface area contributed by atoms with Gasteiger partial charge in [-0.25, -0.2) is 9.97 Å². The van der Waals surface area contributed by atoms with Gasteiger partial charge < -0.3 is 25.3 Å². The van der Waals surface area contributed by atoms with Gasteiger partial charge in [-0.15, -0.1) is 0 Å². The van der Waals surface area contributed by atoms with Crippen LogP contribution in [0.2, 0.25) is 5.02 Å². The van der Waals surface area contributed by atoms with Crippen LogP contribution < -0.4 is 15.4 Å². The SMILES string of the molecule is CCN1CCC(Nc2c(Cl)cnc3[nH]c(-c4cc(C)c(OCC(=O)NC)c(C)c4)nc23)CC1. The Morgan fingerprint density at radius 3 is 2.61 bits per heavy atom. The molecule has 33 heavy (non-hydrogen) atoms. The summed E-state index contributed by atoms with van der Waals surface area (Å²) in [6.45, 7) is 9.36. The number of amides is 1. The number of nitrogens with one attached hydrogen (secondary N) is 3. The average Bonchev–Trinajstić information content (AvgIpc) is 3.25. The number of carbonyl (C=O) groups is 1. The van der Waals surface area contributed by atoms with Gasteiger partial charge in [-0.2, -0.15) is 0 Å². The van der Waals surface area contributed by atoms with Gasteiger partial charge in [-0.3, -0.25) is 4.79 Å². The van der Waals surface area contributed by atoms with Gasteiger partial charge in [-0.05, 0) is 56.5 Å². The number of carbonyl (C=O) groups excluding carboxylic acids is 1. The Morgan fingerprint density at radius 1 is 1.27 bits per heavy atom. The van der Waals surface area contributed by atoms with E-state index in [4.69, 9.17) is 21.3 Å². The standard InChI is InChI=1S/C24H31ClN6O2/c1-5-31-8-6-17(7-9-31)28-20-18(25)12-27-24-21(20)29-23(30-24)16-10-14(2)22(15(3)11-16)33-13-19(32)26-4/h10-12,17H,5-9,13H2,1-4H3,(H,26,32)(H2,27,28,29,30). The monoisotopic (exact) mass is 470 g/mol. The number of rotatable bonds is 7. The highest BCUT2D eigenvalue weighted by Crippen LogP contribution is 2.34. The number of hydrogen-bond donors (Lipinski definition) is 3. The number of anilines is 1. The first-order valence-electron chi connectivity index (χ1n) is 11.4. The molecule has 1 aromatic carbocycles. The molecular weight excluding hydrogens is 440 g/mol. The van der Waals surface area contributed by atoms with Gasteiger partial charge in [0.2, 0.25) is 0 Å². The van der Waals surface area contributed by atoms with E-state index < -0.39 is 0 Å². The molecule has 3 aromatic rings. The highest BCUT2D eigenvalue weighted by atomic mass is 35.5. The number of likely N-dealkylation sites (N-methyl/N-ethyl adjacent to an activating group) is 1. The molecule has 3 heterocycles. The zero-order valence-corrected chi connectivity index (χ0v) is 20.3. The van der Waals surface area contributed by atoms with Gasteiger partial charge in [0.05, 0.1) is 16.9 Å². The first-order chi connectivity index (χ1) is 15.9. The Kier molecular flexibility index (Phi) is 7.05. The molecule has 1 saturated heterocycles. The lowest BCUT2D eigenvalue weighted by molar-refractivity contribution is -0.122. The maximum absolute atomic E-state index is 11.6. The fraction of sp³-hybridized carbons (Fsp3) is 0.458. The fourth-order valence-electron chi connectivity index (χ4n) is 4.33. The number of aromatic amines is 1. The molecule has 9 heteroatoms. The highest BCUT2D eigenvalue weighted by molar-refractivity contribution is 6.34. The van der Waals surface area contributed by atoms with E-state index in [0.29, 0.717) is 28.3 Å². The number of ether oxygens (including phenoxy) is 1. The number of benzene rings is 1. The van der Waals surface area contributed by atoms with Crippen molar-refractivity contribution < 1.29 is 9.53 Å². The molecule has 1 aliphatic heterocycles. The van der Waals surface area contributed by atoms with Crippen molar-refractivity contribution in [2.75, 3.05) is 38.6 Å². The van der Waals surface area contributed by atoms with Gasteiger partial charge in [0.25, 0.3) is 5.91 Å². The van der Waals surface area contributed by atoms with Crippen LogP contribution in [0.5, 0.6) is 5.75 Å². The molecular formula is C24H31ClN6O2. The number of imidazole rings is 1. The third-order valence-corrected chi connectivity index (χ3v) is 6.50. The van der Waals surface area contributed by atoms with Crippen LogP contribution in [0.1, 0.15) is 30.9 Å². The minimum Gasteiger partial charge on any atom is -0.483 e. The number of hydrogen-bond acceptors (Lipinski definition) is 6. The molecule has 2 aromatic heterocycles. The molecule has 1 aliphatic rings. The Hall–Kier alpha value is -2.84. The summed E-state index contributed by atoms with van der Waals surface area (Å²) in [5, 5.41) is 6.77. The van der Waals surface area contributed by atoms with Crippen LogP contribution in [-0.4, -0.2) is 65.1 Å². The van der Waals surface area contributed by atoms with Crippen molar-refractivity contribution in [1.82, 2.24) is 25.2 Å². The maximum atomic E-state index is 11.6. The molecule has 8 nitrogen and oxygen atoms in total. The number of nitrogens with zero attached hydrogens (tertiary/aromatic N) is 3. The molecule has 0 saturated carbocycles. The number of pyridine rings is 1. The Balaban J connectivity index is 1.61. The second-order valence-electron chi connectivity index (χ2n) is 8.52. The zero-order chi connectivity index (χ0) is 23.5. The number of piperidine rings is 1. The van der Waals surface area contributed by atoms with E-state index in [2.05, 4.69) is 32.4 Å². The minimum atomic E-state index is -0.168. The third kappa shape index (κ3) is 5.07. The summed E-state index contributed by atoms with van der Waals surface area (Å²) in [6, 6.07) is 4.36. The number of H-pyrrole nitrogens is 1. The second-order valence-corrected chi connectivity index (χ2v) is 8.92. The van der Waals surface area contributed by atoms with Crippen molar-refractivity contribution in [3.63, 3.8) is 0 Å². The predicted molar refractivity (Wildman–Crippen MR) is 132 cm³/mol. The molecule has 1 fully saturated rings. The van der Waals surface area contributed by atoms with Gasteiger partial charge in [0.15, 0.2) is 12.3 Å². The predicted octanol–water partition coefficient (Wildman–Crippen LogP) is 3.92. The van der Waals surface area contributed by atoms with Gasteiger partial charge in [0.1, 0.15) is 17.1 Å². The van der Waals surface area contributed by atoms with Crippen LogP contribution in [0.25, 0.3) is 22.6 Å². The molecule has 4 rings (SSSR count). The number of aryl methyl sites for hydroxylation is 2. The van der Waals surface area contributed by atoms with Gasteiger partial charge in [-0.1, -0.05) is 18.5 Å². The maximum Gasteiger partial charge on any atom is 0.257 e. The van der Waals surface area contributed by atoms with E-state index in [1.165, 1.54) is 0 Å². The van der Waals surface area contributed by atoms with E-state index >= 15 is 0 Å². The largest absolute Gasteiger partial charge is 0.483 e. The summed E-state index contributed by atoms with van der Waals surface area (Å²) in [5.41, 5.74) is 5.05. The topological polar surface area (TPSA) is 95.2 Å². The quantitative estimate of drug-likeness (QED) is 0.484. The summed E-state index contributed by atoms with van der Waals surface area (Å²) in [6.07, 6.45) is 3.81. The van der Waals surface area contributed by atoms with Crippen molar-refractivity contribution in [3.05, 3.63) is 34.5 Å². The van der Waals surface area contributed by atoms with E-state index in [9.17, 15) is 4.79 Å². The first-order valence-corrected chi connectivity index (χ1v) is 11.8. The van der Waals surface area contributed by atoms with Crippen molar-refractivity contribution in [2.24, 2.45) is 0 Å². The number of fused-ring (bicyclic) bond motifs is 1. The van der Waals surface area contributed by atoms with Gasteiger partial charge >= 0.3 is 0 Å². The molecule has 0 bridgehead atoms. The second kappa shape index (κ2) is 9.97. The van der Waals surface area contributed by atoms with Crippen molar-refractivity contribution in [1.29, 1.82) is 0 Å². The lowest BCUT2D eigenvalue weighted by atomic mass is 10.0. The molecule has 1 amide bonds. The van der Waals surface area contributed by atoms with Gasteiger partial charge in [0, 0.05) is 31.7 Å². The van der Waals surface area contributed by atoms with E-state index in [-0.39, 0.29) is 12.5 Å². The van der Waals surface area contributed by atoms with E-state index in [0.717, 1.165) is 60.4 Å². The molecule has 0 unspecified atom stereocenters. The number of aromatic nitrogens is 3. The third-order valence-electron chi connectivity index (χ3n) is 6.21. The normalized spacial score (nSPS) is 15.1. The van der Waals surface area contributed by atoms with Crippen LogP contribution in [-0.2, 0) is 4.79 Å². The Labute approximate surface area is 199 Å². The molecule has 0 spiro atoms. The molecule has 0 atom stereocenters. The number of likely N-dealkylation sites (tertiary alicyclic amines) is 1. The van der Waals surface area contributed by atoms with Crippen LogP contribution in [0.15, 0.2) is 18.3 Å². The first kappa shape index (κ1) is 23.3. The summed E-state index contributed by atoms with van der Waals surface area (Å²) in [7, 11) is 1.59. The number of halogens is 1. The zero-order valence-electron chi connectivity index (χ0n) is 19.6. The lowest BCUT2D eigenvalue weighted by Gasteiger charge is -2.32. The Morgan fingerprint density at radius 2 is 1.97 bits per heavy atom. The molecule has 3 N–H and O–H groups in total. The average molecular weight is 471 g/mol.